The van der Waals surface area contributed by atoms with E-state index in [1.807, 2.05) is 0 Å². The topological polar surface area (TPSA) is 29.5 Å². The fourth-order valence-corrected chi connectivity index (χ4v) is 1.95. The predicted molar refractivity (Wildman–Crippen MR) is 73.2 cm³/mol. The molecule has 2 aromatic rings. The highest BCUT2D eigenvalue weighted by molar-refractivity contribution is 5.28. The predicted octanol–water partition coefficient (Wildman–Crippen LogP) is 4.00. The molecule has 0 aliphatic rings. The van der Waals surface area contributed by atoms with Crippen molar-refractivity contribution in [2.24, 2.45) is 0 Å². The summed E-state index contributed by atoms with van der Waals surface area (Å²) in [4.78, 5) is 0. The van der Waals surface area contributed by atoms with Gasteiger partial charge in [0.05, 0.1) is 18.8 Å². The molecule has 22 heavy (non-hydrogen) atoms. The van der Waals surface area contributed by atoms with Gasteiger partial charge < -0.3 is 9.84 Å². The van der Waals surface area contributed by atoms with Crippen LogP contribution in [0.1, 0.15) is 17.0 Å². The van der Waals surface area contributed by atoms with Crippen molar-refractivity contribution < 1.29 is 27.4 Å². The van der Waals surface area contributed by atoms with Gasteiger partial charge in [0.2, 0.25) is 0 Å². The lowest BCUT2D eigenvalue weighted by molar-refractivity contribution is -0.137. The normalized spacial score (nSPS) is 13.0. The van der Waals surface area contributed by atoms with E-state index < -0.39 is 23.5 Å². The highest BCUT2D eigenvalue weighted by Crippen LogP contribution is 2.30. The van der Waals surface area contributed by atoms with E-state index in [2.05, 4.69) is 0 Å². The lowest BCUT2D eigenvalue weighted by Gasteiger charge is -2.17. The van der Waals surface area contributed by atoms with Gasteiger partial charge in [0, 0.05) is 5.92 Å². The number of para-hydroxylation sites is 1. The van der Waals surface area contributed by atoms with E-state index in [9.17, 15) is 22.7 Å². The number of alkyl halides is 3. The first-order valence-electron chi connectivity index (χ1n) is 6.57. The molecule has 1 N–H and O–H groups in total. The molecule has 1 atom stereocenters. The van der Waals surface area contributed by atoms with Gasteiger partial charge in [-0.2, -0.15) is 13.2 Å². The van der Waals surface area contributed by atoms with Crippen LogP contribution in [-0.4, -0.2) is 18.3 Å². The van der Waals surface area contributed by atoms with Gasteiger partial charge in [-0.3, -0.25) is 0 Å². The van der Waals surface area contributed by atoms with Gasteiger partial charge in [-0.15, -0.1) is 0 Å². The SMILES string of the molecule is OCC(COc1ccccc1F)c1ccc(C(F)(F)F)cc1. The monoisotopic (exact) mass is 314 g/mol. The fraction of sp³-hybridized carbons (Fsp3) is 0.250. The maximum atomic E-state index is 13.4. The van der Waals surface area contributed by atoms with Crippen molar-refractivity contribution in [2.75, 3.05) is 13.2 Å². The van der Waals surface area contributed by atoms with Crippen LogP contribution in [0.4, 0.5) is 17.6 Å². The highest BCUT2D eigenvalue weighted by Gasteiger charge is 2.30. The minimum absolute atomic E-state index is 0.0351. The Labute approximate surface area is 125 Å². The van der Waals surface area contributed by atoms with E-state index in [0.717, 1.165) is 12.1 Å². The summed E-state index contributed by atoms with van der Waals surface area (Å²) in [6.07, 6.45) is -4.41. The first-order chi connectivity index (χ1) is 10.4. The van der Waals surface area contributed by atoms with Crippen molar-refractivity contribution >= 4 is 0 Å². The fourth-order valence-electron chi connectivity index (χ4n) is 1.95. The van der Waals surface area contributed by atoms with Gasteiger partial charge >= 0.3 is 6.18 Å². The Morgan fingerprint density at radius 1 is 1.00 bits per heavy atom. The van der Waals surface area contributed by atoms with Crippen molar-refractivity contribution in [3.63, 3.8) is 0 Å². The van der Waals surface area contributed by atoms with E-state index in [1.165, 1.54) is 30.3 Å². The lowest BCUT2D eigenvalue weighted by Crippen LogP contribution is -2.15. The third kappa shape index (κ3) is 3.98. The van der Waals surface area contributed by atoms with Gasteiger partial charge in [0.25, 0.3) is 0 Å². The minimum Gasteiger partial charge on any atom is -0.490 e. The van der Waals surface area contributed by atoms with Crippen LogP contribution in [0.25, 0.3) is 0 Å². The van der Waals surface area contributed by atoms with Crippen LogP contribution in [-0.2, 0) is 6.18 Å². The molecular weight excluding hydrogens is 300 g/mol. The molecule has 0 aromatic heterocycles. The number of aliphatic hydroxyl groups excluding tert-OH is 1. The van der Waals surface area contributed by atoms with E-state index >= 15 is 0 Å². The third-order valence-electron chi connectivity index (χ3n) is 3.21. The van der Waals surface area contributed by atoms with Gasteiger partial charge in [0.1, 0.15) is 0 Å². The summed E-state index contributed by atoms with van der Waals surface area (Å²) in [6, 6.07) is 10.3. The molecule has 0 heterocycles. The summed E-state index contributed by atoms with van der Waals surface area (Å²) in [6.45, 7) is -0.359. The van der Waals surface area contributed by atoms with Gasteiger partial charge in [0.15, 0.2) is 11.6 Å². The van der Waals surface area contributed by atoms with E-state index in [1.54, 1.807) is 6.07 Å². The standard InChI is InChI=1S/C16H14F4O2/c17-14-3-1-2-4-15(14)22-10-12(9-21)11-5-7-13(8-6-11)16(18,19)20/h1-8,12,21H,9-10H2. The molecule has 0 bridgehead atoms. The Balaban J connectivity index is 2.07. The summed E-state index contributed by atoms with van der Waals surface area (Å²) in [7, 11) is 0. The maximum Gasteiger partial charge on any atom is 0.416 e. The number of hydrogen-bond acceptors (Lipinski definition) is 2. The Kier molecular flexibility index (Phi) is 5.03. The zero-order valence-electron chi connectivity index (χ0n) is 11.5. The molecule has 118 valence electrons. The third-order valence-corrected chi connectivity index (χ3v) is 3.21. The Bertz CT molecular complexity index is 608. The number of benzene rings is 2. The van der Waals surface area contributed by atoms with Crippen LogP contribution in [0.5, 0.6) is 5.75 Å². The van der Waals surface area contributed by atoms with Crippen molar-refractivity contribution in [3.05, 3.63) is 65.5 Å². The molecule has 1 unspecified atom stereocenters. The maximum absolute atomic E-state index is 13.4. The molecule has 6 heteroatoms. The second kappa shape index (κ2) is 6.79. The number of hydrogen-bond donors (Lipinski definition) is 1. The summed E-state index contributed by atoms with van der Waals surface area (Å²) in [5, 5.41) is 9.36. The molecule has 2 rings (SSSR count). The zero-order chi connectivity index (χ0) is 16.2. The van der Waals surface area contributed by atoms with Gasteiger partial charge in [-0.05, 0) is 29.8 Å². The molecule has 0 spiro atoms. The van der Waals surface area contributed by atoms with E-state index in [4.69, 9.17) is 4.74 Å². The van der Waals surface area contributed by atoms with Crippen LogP contribution in [0.2, 0.25) is 0 Å². The van der Waals surface area contributed by atoms with Crippen molar-refractivity contribution in [3.8, 4) is 5.75 Å². The van der Waals surface area contributed by atoms with E-state index in [0.29, 0.717) is 5.56 Å². The molecule has 0 radical (unpaired) electrons. The van der Waals surface area contributed by atoms with Crippen molar-refractivity contribution in [1.29, 1.82) is 0 Å². The lowest BCUT2D eigenvalue weighted by atomic mass is 9.99. The minimum atomic E-state index is -4.41. The second-order valence-corrected chi connectivity index (χ2v) is 4.74. The Hall–Kier alpha value is -2.08. The molecule has 0 saturated heterocycles. The molecule has 2 aromatic carbocycles. The summed E-state index contributed by atoms with van der Waals surface area (Å²) < 4.78 is 56.2. The second-order valence-electron chi connectivity index (χ2n) is 4.74. The molecule has 0 saturated carbocycles. The summed E-state index contributed by atoms with van der Waals surface area (Å²) in [5.74, 6) is -1.04. The first-order valence-corrected chi connectivity index (χ1v) is 6.57. The highest BCUT2D eigenvalue weighted by atomic mass is 19.4. The first kappa shape index (κ1) is 16.3. The van der Waals surface area contributed by atoms with Crippen LogP contribution in [0, 0.1) is 5.82 Å². The number of ether oxygens (including phenoxy) is 1. The molecule has 0 aliphatic heterocycles. The van der Waals surface area contributed by atoms with Crippen molar-refractivity contribution in [2.45, 2.75) is 12.1 Å². The molecular formula is C16H14F4O2. The molecule has 2 nitrogen and oxygen atoms in total. The molecule has 0 amide bonds. The van der Waals surface area contributed by atoms with Crippen LogP contribution < -0.4 is 4.74 Å². The summed E-state index contributed by atoms with van der Waals surface area (Å²) in [5.41, 5.74) is -0.269. The van der Waals surface area contributed by atoms with E-state index in [-0.39, 0.29) is 19.0 Å². The largest absolute Gasteiger partial charge is 0.490 e. The Morgan fingerprint density at radius 2 is 1.64 bits per heavy atom. The van der Waals surface area contributed by atoms with Gasteiger partial charge in [-0.1, -0.05) is 24.3 Å². The van der Waals surface area contributed by atoms with Gasteiger partial charge in [-0.25, -0.2) is 4.39 Å². The number of aliphatic hydroxyl groups is 1. The zero-order valence-corrected chi connectivity index (χ0v) is 11.5. The number of halogens is 4. The quantitative estimate of drug-likeness (QED) is 0.845. The summed E-state index contributed by atoms with van der Waals surface area (Å²) >= 11 is 0. The molecule has 0 fully saturated rings. The Morgan fingerprint density at radius 3 is 2.18 bits per heavy atom. The average Bonchev–Trinajstić information content (AvgIpc) is 2.49. The van der Waals surface area contributed by atoms with Crippen LogP contribution in [0.15, 0.2) is 48.5 Å². The molecule has 0 aliphatic carbocycles. The van der Waals surface area contributed by atoms with Crippen molar-refractivity contribution in [1.82, 2.24) is 0 Å². The smallest absolute Gasteiger partial charge is 0.416 e. The van der Waals surface area contributed by atoms with Crippen LogP contribution in [0.3, 0.4) is 0 Å². The average molecular weight is 314 g/mol. The number of rotatable bonds is 5. The van der Waals surface area contributed by atoms with Crippen LogP contribution >= 0.6 is 0 Å².